The molecule has 3 aromatic rings. The van der Waals surface area contributed by atoms with Gasteiger partial charge in [0.25, 0.3) is 0 Å². The highest BCUT2D eigenvalue weighted by Crippen LogP contribution is 2.34. The van der Waals surface area contributed by atoms with E-state index in [2.05, 4.69) is 14.9 Å². The Hall–Kier alpha value is -2.98. The maximum Gasteiger partial charge on any atom is 0.573 e. The van der Waals surface area contributed by atoms with Crippen LogP contribution in [0.5, 0.6) is 5.75 Å². The topological polar surface area (TPSA) is 71.6 Å². The number of hydrogen-bond acceptors (Lipinski definition) is 6. The van der Waals surface area contributed by atoms with E-state index in [0.717, 1.165) is 5.56 Å². The van der Waals surface area contributed by atoms with Crippen molar-refractivity contribution in [3.63, 3.8) is 0 Å². The smallest absolute Gasteiger partial charge is 0.406 e. The Morgan fingerprint density at radius 1 is 1.10 bits per heavy atom. The van der Waals surface area contributed by atoms with Gasteiger partial charge in [-0.15, -0.1) is 13.2 Å². The molecule has 158 valence electrons. The average molecular weight is 423 g/mol. The zero-order valence-corrected chi connectivity index (χ0v) is 15.5. The second kappa shape index (κ2) is 8.04. The van der Waals surface area contributed by atoms with Crippen LogP contribution in [0.15, 0.2) is 53.1 Å². The number of aromatic nitrogens is 2. The minimum Gasteiger partial charge on any atom is -0.406 e. The van der Waals surface area contributed by atoms with Crippen molar-refractivity contribution in [1.29, 1.82) is 0 Å². The summed E-state index contributed by atoms with van der Waals surface area (Å²) in [6.07, 6.45) is -4.95. The monoisotopic (exact) mass is 423 g/mol. The molecule has 2 unspecified atom stereocenters. The number of benzene rings is 2. The molecule has 0 saturated carbocycles. The number of likely N-dealkylation sites (tertiary alicyclic amines) is 1. The molecular formula is C20H17F4N3O3. The Balaban J connectivity index is 1.49. The van der Waals surface area contributed by atoms with E-state index in [4.69, 9.17) is 4.52 Å². The number of nitrogens with zero attached hydrogens (tertiary/aromatic N) is 3. The number of rotatable bonds is 5. The van der Waals surface area contributed by atoms with Crippen molar-refractivity contribution in [3.8, 4) is 17.1 Å². The first-order valence-corrected chi connectivity index (χ1v) is 9.13. The summed E-state index contributed by atoms with van der Waals surface area (Å²) in [7, 11) is 0. The van der Waals surface area contributed by atoms with Crippen LogP contribution in [0.25, 0.3) is 11.4 Å². The van der Waals surface area contributed by atoms with Crippen molar-refractivity contribution >= 4 is 0 Å². The summed E-state index contributed by atoms with van der Waals surface area (Å²) < 4.78 is 59.2. The van der Waals surface area contributed by atoms with E-state index in [9.17, 15) is 22.7 Å². The molecule has 1 N–H and O–H groups in total. The van der Waals surface area contributed by atoms with Gasteiger partial charge in [0, 0.05) is 18.7 Å². The normalized spacial score (nSPS) is 19.9. The van der Waals surface area contributed by atoms with Crippen LogP contribution in [0.4, 0.5) is 17.6 Å². The van der Waals surface area contributed by atoms with E-state index in [0.29, 0.717) is 31.0 Å². The van der Waals surface area contributed by atoms with Crippen molar-refractivity contribution in [2.45, 2.75) is 31.5 Å². The second-order valence-electron chi connectivity index (χ2n) is 6.99. The zero-order valence-electron chi connectivity index (χ0n) is 15.5. The Kier molecular flexibility index (Phi) is 5.44. The van der Waals surface area contributed by atoms with Crippen LogP contribution in [-0.4, -0.2) is 39.2 Å². The van der Waals surface area contributed by atoms with Gasteiger partial charge in [-0.25, -0.2) is 4.39 Å². The third-order valence-electron chi connectivity index (χ3n) is 4.75. The number of halogens is 4. The molecular weight excluding hydrogens is 406 g/mol. The molecule has 2 atom stereocenters. The van der Waals surface area contributed by atoms with Crippen molar-refractivity contribution in [2.75, 3.05) is 6.54 Å². The van der Waals surface area contributed by atoms with E-state index in [1.165, 1.54) is 36.4 Å². The quantitative estimate of drug-likeness (QED) is 0.624. The molecule has 30 heavy (non-hydrogen) atoms. The molecule has 2 heterocycles. The average Bonchev–Trinajstić information content (AvgIpc) is 3.30. The van der Waals surface area contributed by atoms with Gasteiger partial charge in [0.15, 0.2) is 0 Å². The number of ether oxygens (including phenoxy) is 1. The van der Waals surface area contributed by atoms with Crippen LogP contribution in [0, 0.1) is 5.82 Å². The van der Waals surface area contributed by atoms with E-state index in [-0.39, 0.29) is 23.4 Å². The van der Waals surface area contributed by atoms with Crippen LogP contribution in [0.1, 0.15) is 23.9 Å². The molecule has 10 heteroatoms. The Labute approximate surface area is 168 Å². The van der Waals surface area contributed by atoms with Crippen LogP contribution in [0.3, 0.4) is 0 Å². The highest BCUT2D eigenvalue weighted by Gasteiger charge is 2.36. The van der Waals surface area contributed by atoms with Crippen molar-refractivity contribution in [2.24, 2.45) is 0 Å². The number of hydrogen-bond donors (Lipinski definition) is 1. The summed E-state index contributed by atoms with van der Waals surface area (Å²) in [6, 6.07) is 10.9. The van der Waals surface area contributed by atoms with Gasteiger partial charge in [-0.1, -0.05) is 17.3 Å². The van der Waals surface area contributed by atoms with Crippen molar-refractivity contribution in [3.05, 3.63) is 65.8 Å². The fraction of sp³-hybridized carbons (Fsp3) is 0.300. The molecule has 0 aliphatic carbocycles. The van der Waals surface area contributed by atoms with E-state index in [1.807, 2.05) is 4.90 Å². The molecule has 0 amide bonds. The van der Waals surface area contributed by atoms with Gasteiger partial charge in [-0.05, 0) is 48.4 Å². The third-order valence-corrected chi connectivity index (χ3v) is 4.75. The maximum atomic E-state index is 13.1. The summed E-state index contributed by atoms with van der Waals surface area (Å²) in [5.74, 6) is -0.171. The van der Waals surface area contributed by atoms with Crippen molar-refractivity contribution < 1.29 is 31.9 Å². The molecule has 6 nitrogen and oxygen atoms in total. The maximum absolute atomic E-state index is 13.1. The van der Waals surface area contributed by atoms with Gasteiger partial charge in [0.05, 0.1) is 12.1 Å². The molecule has 0 radical (unpaired) electrons. The SMILES string of the molecule is OC1CC(c2nc(-c3ccc(OC(F)(F)F)cc3)no2)N(Cc2ccc(F)cc2)C1. The van der Waals surface area contributed by atoms with Gasteiger partial charge < -0.3 is 14.4 Å². The standard InChI is InChI=1S/C20H17F4N3O3/c21-14-5-1-12(2-6-14)10-27-11-15(28)9-17(27)19-25-18(26-30-19)13-3-7-16(8-4-13)29-20(22,23)24/h1-8,15,17,28H,9-11H2. The Bertz CT molecular complexity index is 990. The summed E-state index contributed by atoms with van der Waals surface area (Å²) in [6.45, 7) is 0.854. The first-order chi connectivity index (χ1) is 14.3. The van der Waals surface area contributed by atoms with E-state index >= 15 is 0 Å². The minimum atomic E-state index is -4.77. The Morgan fingerprint density at radius 3 is 2.47 bits per heavy atom. The van der Waals surface area contributed by atoms with Gasteiger partial charge >= 0.3 is 6.36 Å². The molecule has 0 bridgehead atoms. The van der Waals surface area contributed by atoms with E-state index < -0.39 is 12.5 Å². The lowest BCUT2D eigenvalue weighted by Gasteiger charge is -2.21. The third kappa shape index (κ3) is 4.77. The van der Waals surface area contributed by atoms with Crippen LogP contribution < -0.4 is 4.74 Å². The molecule has 0 spiro atoms. The lowest BCUT2D eigenvalue weighted by atomic mass is 10.1. The Morgan fingerprint density at radius 2 is 1.80 bits per heavy atom. The van der Waals surface area contributed by atoms with Crippen LogP contribution in [0.2, 0.25) is 0 Å². The number of alkyl halides is 3. The first-order valence-electron chi connectivity index (χ1n) is 9.13. The fourth-order valence-electron chi connectivity index (χ4n) is 3.43. The fourth-order valence-corrected chi connectivity index (χ4v) is 3.43. The summed E-state index contributed by atoms with van der Waals surface area (Å²) in [5.41, 5.74) is 1.33. The predicted molar refractivity (Wildman–Crippen MR) is 96.6 cm³/mol. The van der Waals surface area contributed by atoms with Gasteiger partial charge in [-0.3, -0.25) is 4.90 Å². The van der Waals surface area contributed by atoms with Crippen molar-refractivity contribution in [1.82, 2.24) is 15.0 Å². The molecule has 2 aromatic carbocycles. The first kappa shape index (κ1) is 20.3. The van der Waals surface area contributed by atoms with Crippen LogP contribution in [-0.2, 0) is 6.54 Å². The molecule has 1 aromatic heterocycles. The largest absolute Gasteiger partial charge is 0.573 e. The van der Waals surface area contributed by atoms with Crippen LogP contribution >= 0.6 is 0 Å². The lowest BCUT2D eigenvalue weighted by molar-refractivity contribution is -0.274. The number of aliphatic hydroxyl groups excluding tert-OH is 1. The zero-order chi connectivity index (χ0) is 21.3. The minimum absolute atomic E-state index is 0.215. The number of β-amino-alcohol motifs (C(OH)–C–C–N with tert-alkyl or cyclic N) is 1. The summed E-state index contributed by atoms with van der Waals surface area (Å²) in [5, 5.41) is 14.0. The van der Waals surface area contributed by atoms with Gasteiger partial charge in [0.1, 0.15) is 11.6 Å². The second-order valence-corrected chi connectivity index (χ2v) is 6.99. The highest BCUT2D eigenvalue weighted by molar-refractivity contribution is 5.55. The number of aliphatic hydroxyl groups is 1. The predicted octanol–water partition coefficient (Wildman–Crippen LogP) is 4.08. The highest BCUT2D eigenvalue weighted by atomic mass is 19.4. The molecule has 1 fully saturated rings. The molecule has 4 rings (SSSR count). The van der Waals surface area contributed by atoms with Gasteiger partial charge in [0.2, 0.25) is 11.7 Å². The summed E-state index contributed by atoms with van der Waals surface area (Å²) >= 11 is 0. The van der Waals surface area contributed by atoms with E-state index in [1.54, 1.807) is 12.1 Å². The molecule has 1 aliphatic rings. The molecule has 1 saturated heterocycles. The summed E-state index contributed by atoms with van der Waals surface area (Å²) in [4.78, 5) is 6.31. The molecule has 1 aliphatic heterocycles. The lowest BCUT2D eigenvalue weighted by Crippen LogP contribution is -2.24. The van der Waals surface area contributed by atoms with Gasteiger partial charge in [-0.2, -0.15) is 4.98 Å².